The van der Waals surface area contributed by atoms with E-state index in [1.54, 1.807) is 0 Å². The fourth-order valence-corrected chi connectivity index (χ4v) is 9.89. The quantitative estimate of drug-likeness (QED) is 0.0261. The fourth-order valence-electron chi connectivity index (χ4n) is 9.89. The summed E-state index contributed by atoms with van der Waals surface area (Å²) in [6.07, 6.45) is 93.4. The molecule has 1 atom stereocenters. The van der Waals surface area contributed by atoms with Crippen molar-refractivity contribution in [1.82, 2.24) is 0 Å². The third kappa shape index (κ3) is 67.0. The molecule has 0 radical (unpaired) electrons. The van der Waals surface area contributed by atoms with E-state index in [0.29, 0.717) is 19.3 Å². The topological polar surface area (TPSA) is 78.9 Å². The third-order valence-corrected chi connectivity index (χ3v) is 15.1. The summed E-state index contributed by atoms with van der Waals surface area (Å²) in [4.78, 5) is 38.0. The van der Waals surface area contributed by atoms with Crippen LogP contribution in [0.4, 0.5) is 0 Å². The number of hydrogen-bond acceptors (Lipinski definition) is 6. The largest absolute Gasteiger partial charge is 0.462 e. The molecule has 0 heterocycles. The Labute approximate surface area is 502 Å². The molecule has 0 fully saturated rings. The van der Waals surface area contributed by atoms with Gasteiger partial charge in [-0.2, -0.15) is 0 Å². The standard InChI is InChI=1S/C75H130O6/c1-4-7-10-13-15-17-19-21-23-25-27-29-31-32-33-34-35-36-37-38-39-40-41-42-44-45-47-49-51-53-55-57-59-62-65-68-74(77)80-71-72(70-79-73(76)67-64-61-12-9-6-3)81-75(78)69-66-63-60-58-56-54-52-50-48-46-43-30-28-26-24-22-20-18-16-14-11-8-5-2/h7,10,15,17,21,23,26-29,32-33,35-36,38-39,72H,4-6,8-9,11-14,16,18-20,22,24-25,30-31,34,37,40-71H2,1-3H3/b10-7-,17-15-,23-21-,28-26-,29-27-,33-32-,36-35-,39-38-. The van der Waals surface area contributed by atoms with E-state index in [4.69, 9.17) is 14.2 Å². The van der Waals surface area contributed by atoms with E-state index in [2.05, 4.69) is 118 Å². The maximum Gasteiger partial charge on any atom is 0.306 e. The van der Waals surface area contributed by atoms with Gasteiger partial charge in [0.25, 0.3) is 0 Å². The second-order valence-corrected chi connectivity index (χ2v) is 23.1. The summed E-state index contributed by atoms with van der Waals surface area (Å²) in [6, 6.07) is 0. The van der Waals surface area contributed by atoms with Crippen LogP contribution in [-0.4, -0.2) is 37.2 Å². The Morgan fingerprint density at radius 3 is 0.765 bits per heavy atom. The van der Waals surface area contributed by atoms with Gasteiger partial charge in [-0.25, -0.2) is 0 Å². The monoisotopic (exact) mass is 1130 g/mol. The Balaban J connectivity index is 3.98. The summed E-state index contributed by atoms with van der Waals surface area (Å²) in [6.45, 7) is 6.48. The predicted molar refractivity (Wildman–Crippen MR) is 353 cm³/mol. The van der Waals surface area contributed by atoms with Crippen LogP contribution in [0.3, 0.4) is 0 Å². The number of carbonyl (C=O) groups is 3. The Morgan fingerprint density at radius 1 is 0.259 bits per heavy atom. The van der Waals surface area contributed by atoms with Gasteiger partial charge in [-0.3, -0.25) is 14.4 Å². The molecule has 0 aromatic carbocycles. The molecule has 0 saturated carbocycles. The summed E-state index contributed by atoms with van der Waals surface area (Å²) in [7, 11) is 0. The maximum atomic E-state index is 12.8. The van der Waals surface area contributed by atoms with Gasteiger partial charge in [-0.05, 0) is 103 Å². The van der Waals surface area contributed by atoms with Crippen LogP contribution in [0.15, 0.2) is 97.2 Å². The second kappa shape index (κ2) is 68.8. The summed E-state index contributed by atoms with van der Waals surface area (Å²) in [5, 5.41) is 0. The zero-order valence-electron chi connectivity index (χ0n) is 53.5. The average Bonchev–Trinajstić information content (AvgIpc) is 3.47. The zero-order valence-corrected chi connectivity index (χ0v) is 53.5. The number of esters is 3. The van der Waals surface area contributed by atoms with Gasteiger partial charge < -0.3 is 14.2 Å². The summed E-state index contributed by atoms with van der Waals surface area (Å²) < 4.78 is 16.8. The Morgan fingerprint density at radius 2 is 0.481 bits per heavy atom. The molecule has 6 heteroatoms. The van der Waals surface area contributed by atoms with Crippen molar-refractivity contribution >= 4 is 17.9 Å². The van der Waals surface area contributed by atoms with Crippen molar-refractivity contribution in [3.63, 3.8) is 0 Å². The Kier molecular flexibility index (Phi) is 65.7. The van der Waals surface area contributed by atoms with Gasteiger partial charge in [0, 0.05) is 19.3 Å². The SMILES string of the molecule is CC/C=C\C/C=C\C/C=C\C/C=C\C/C=C\C/C=C\C/C=C\CCCCCCCCCCCCCCCC(=O)OCC(COC(=O)CCCCCCC)OC(=O)CCCCCCCCCCCCC/C=C\CCCCCCCCCC. The molecule has 466 valence electrons. The van der Waals surface area contributed by atoms with Crippen molar-refractivity contribution in [2.24, 2.45) is 0 Å². The second-order valence-electron chi connectivity index (χ2n) is 23.1. The van der Waals surface area contributed by atoms with Crippen LogP contribution < -0.4 is 0 Å². The lowest BCUT2D eigenvalue weighted by Crippen LogP contribution is -2.30. The highest BCUT2D eigenvalue weighted by atomic mass is 16.6. The van der Waals surface area contributed by atoms with Crippen molar-refractivity contribution in [3.05, 3.63) is 97.2 Å². The molecule has 0 aliphatic carbocycles. The number of carbonyl (C=O) groups excluding carboxylic acids is 3. The van der Waals surface area contributed by atoms with E-state index in [-0.39, 0.29) is 31.1 Å². The van der Waals surface area contributed by atoms with Gasteiger partial charge in [-0.1, -0.05) is 317 Å². The van der Waals surface area contributed by atoms with Crippen molar-refractivity contribution in [3.8, 4) is 0 Å². The van der Waals surface area contributed by atoms with Gasteiger partial charge in [0.1, 0.15) is 13.2 Å². The van der Waals surface area contributed by atoms with Gasteiger partial charge in [0.15, 0.2) is 6.10 Å². The number of allylic oxidation sites excluding steroid dienone is 16. The van der Waals surface area contributed by atoms with E-state index >= 15 is 0 Å². The van der Waals surface area contributed by atoms with Crippen LogP contribution in [0.5, 0.6) is 0 Å². The van der Waals surface area contributed by atoms with Gasteiger partial charge in [-0.15, -0.1) is 0 Å². The van der Waals surface area contributed by atoms with Crippen LogP contribution in [0.25, 0.3) is 0 Å². The lowest BCUT2D eigenvalue weighted by Gasteiger charge is -2.18. The third-order valence-electron chi connectivity index (χ3n) is 15.1. The van der Waals surface area contributed by atoms with Crippen LogP contribution >= 0.6 is 0 Å². The minimum absolute atomic E-state index is 0.0749. The summed E-state index contributed by atoms with van der Waals surface area (Å²) in [5.74, 6) is -0.877. The molecule has 0 rings (SSSR count). The van der Waals surface area contributed by atoms with Crippen molar-refractivity contribution in [1.29, 1.82) is 0 Å². The average molecular weight is 1130 g/mol. The van der Waals surface area contributed by atoms with E-state index in [1.807, 2.05) is 0 Å². The number of ether oxygens (including phenoxy) is 3. The normalized spacial score (nSPS) is 12.7. The highest BCUT2D eigenvalue weighted by molar-refractivity contribution is 5.71. The highest BCUT2D eigenvalue weighted by Gasteiger charge is 2.19. The Hall–Kier alpha value is -3.67. The molecule has 6 nitrogen and oxygen atoms in total. The molecule has 0 N–H and O–H groups in total. The molecule has 0 aromatic heterocycles. The van der Waals surface area contributed by atoms with Crippen LogP contribution in [0, 0.1) is 0 Å². The van der Waals surface area contributed by atoms with E-state index in [9.17, 15) is 14.4 Å². The summed E-state index contributed by atoms with van der Waals surface area (Å²) in [5.41, 5.74) is 0. The van der Waals surface area contributed by atoms with Crippen LogP contribution in [0.1, 0.15) is 342 Å². The molecule has 1 unspecified atom stereocenters. The molecular weight excluding hydrogens is 997 g/mol. The van der Waals surface area contributed by atoms with Crippen molar-refractivity contribution in [2.75, 3.05) is 13.2 Å². The predicted octanol–water partition coefficient (Wildman–Crippen LogP) is 24.0. The van der Waals surface area contributed by atoms with E-state index in [1.165, 1.54) is 193 Å². The van der Waals surface area contributed by atoms with Crippen molar-refractivity contribution < 1.29 is 28.6 Å². The molecule has 0 bridgehead atoms. The zero-order chi connectivity index (χ0) is 58.5. The van der Waals surface area contributed by atoms with Gasteiger partial charge in [0.05, 0.1) is 0 Å². The highest BCUT2D eigenvalue weighted by Crippen LogP contribution is 2.17. The molecule has 0 amide bonds. The van der Waals surface area contributed by atoms with E-state index in [0.717, 1.165) is 109 Å². The smallest absolute Gasteiger partial charge is 0.306 e. The van der Waals surface area contributed by atoms with Crippen molar-refractivity contribution in [2.45, 2.75) is 348 Å². The van der Waals surface area contributed by atoms with Crippen LogP contribution in [0.2, 0.25) is 0 Å². The minimum atomic E-state index is -0.774. The van der Waals surface area contributed by atoms with Gasteiger partial charge >= 0.3 is 17.9 Å². The van der Waals surface area contributed by atoms with E-state index < -0.39 is 6.10 Å². The number of hydrogen-bond donors (Lipinski definition) is 0. The maximum absolute atomic E-state index is 12.8. The molecule has 0 spiro atoms. The first-order chi connectivity index (χ1) is 40.0. The molecule has 81 heavy (non-hydrogen) atoms. The molecule has 0 aliphatic rings. The molecule has 0 aliphatic heterocycles. The first-order valence-electron chi connectivity index (χ1n) is 34.7. The first kappa shape index (κ1) is 77.3. The molecule has 0 aromatic rings. The first-order valence-corrected chi connectivity index (χ1v) is 34.7. The number of unbranched alkanes of at least 4 members (excludes halogenated alkanes) is 36. The Bertz CT molecular complexity index is 1580. The lowest BCUT2D eigenvalue weighted by molar-refractivity contribution is -0.167. The van der Waals surface area contributed by atoms with Gasteiger partial charge in [0.2, 0.25) is 0 Å². The lowest BCUT2D eigenvalue weighted by atomic mass is 10.0. The van der Waals surface area contributed by atoms with Crippen LogP contribution in [-0.2, 0) is 28.6 Å². The minimum Gasteiger partial charge on any atom is -0.462 e. The summed E-state index contributed by atoms with van der Waals surface area (Å²) >= 11 is 0. The number of rotatable bonds is 63. The fraction of sp³-hybridized carbons (Fsp3) is 0.747. The molecule has 0 saturated heterocycles. The molecular formula is C75H130O6.